The highest BCUT2D eigenvalue weighted by atomic mass is 35.5. The first-order valence-electron chi connectivity index (χ1n) is 12.3. The summed E-state index contributed by atoms with van der Waals surface area (Å²) in [6.45, 7) is 9.37. The number of nitrogens with zero attached hydrogens (tertiary/aromatic N) is 3. The molecule has 1 fully saturated rings. The molecule has 2 aliphatic rings. The molecular weight excluding hydrogens is 497 g/mol. The molecule has 2 unspecified atom stereocenters. The van der Waals surface area contributed by atoms with Gasteiger partial charge in [-0.25, -0.2) is 0 Å². The Hall–Kier alpha value is -2.46. The highest BCUT2D eigenvalue weighted by molar-refractivity contribution is 6.31. The lowest BCUT2D eigenvalue weighted by molar-refractivity contribution is -0.141. The van der Waals surface area contributed by atoms with Crippen molar-refractivity contribution >= 4 is 34.8 Å². The molecule has 1 amide bonds. The van der Waals surface area contributed by atoms with Gasteiger partial charge in [-0.2, -0.15) is 5.26 Å². The Morgan fingerprint density at radius 2 is 1.81 bits per heavy atom. The van der Waals surface area contributed by atoms with Gasteiger partial charge in [-0.15, -0.1) is 0 Å². The van der Waals surface area contributed by atoms with E-state index in [-0.39, 0.29) is 17.7 Å². The van der Waals surface area contributed by atoms with Crippen molar-refractivity contribution in [2.45, 2.75) is 64.9 Å². The zero-order chi connectivity index (χ0) is 26.1. The SMILES string of the molecule is CC(OC(C)(C)C)N1CC(C(=O)N2CCC(C#N)(Cc3ccc(Cl)cc3)CC2)Oc2ccc(Cl)cc21. The second kappa shape index (κ2) is 10.5. The number of fused-ring (bicyclic) bond motifs is 1. The third kappa shape index (κ3) is 6.08. The van der Waals surface area contributed by atoms with Gasteiger partial charge in [0, 0.05) is 23.1 Å². The summed E-state index contributed by atoms with van der Waals surface area (Å²) in [7, 11) is 0. The van der Waals surface area contributed by atoms with E-state index < -0.39 is 11.5 Å². The van der Waals surface area contributed by atoms with Gasteiger partial charge in [0.1, 0.15) is 12.0 Å². The Balaban J connectivity index is 1.47. The highest BCUT2D eigenvalue weighted by Gasteiger charge is 2.41. The molecule has 0 aromatic heterocycles. The van der Waals surface area contributed by atoms with Crippen LogP contribution < -0.4 is 9.64 Å². The van der Waals surface area contributed by atoms with Crippen molar-refractivity contribution in [2.24, 2.45) is 5.41 Å². The number of nitriles is 1. The summed E-state index contributed by atoms with van der Waals surface area (Å²) >= 11 is 12.3. The van der Waals surface area contributed by atoms with Crippen LogP contribution in [0.25, 0.3) is 0 Å². The van der Waals surface area contributed by atoms with Crippen LogP contribution in [0.5, 0.6) is 5.75 Å². The van der Waals surface area contributed by atoms with Crippen molar-refractivity contribution in [3.63, 3.8) is 0 Å². The molecule has 2 aromatic rings. The number of ether oxygens (including phenoxy) is 2. The van der Waals surface area contributed by atoms with E-state index in [9.17, 15) is 10.1 Å². The molecule has 192 valence electrons. The Labute approximate surface area is 223 Å². The maximum absolute atomic E-state index is 13.6. The molecule has 0 N–H and O–H groups in total. The van der Waals surface area contributed by atoms with Crippen molar-refractivity contribution in [3.05, 3.63) is 58.1 Å². The predicted octanol–water partition coefficient (Wildman–Crippen LogP) is 6.10. The molecular formula is C28H33Cl2N3O3. The van der Waals surface area contributed by atoms with Crippen molar-refractivity contribution in [1.82, 2.24) is 4.90 Å². The zero-order valence-electron chi connectivity index (χ0n) is 21.3. The van der Waals surface area contributed by atoms with Crippen molar-refractivity contribution in [1.29, 1.82) is 5.26 Å². The van der Waals surface area contributed by atoms with Crippen LogP contribution in [-0.2, 0) is 16.0 Å². The third-order valence-electron chi connectivity index (χ3n) is 6.83. The van der Waals surface area contributed by atoms with E-state index in [0.29, 0.717) is 54.7 Å². The topological polar surface area (TPSA) is 65.8 Å². The van der Waals surface area contributed by atoms with Gasteiger partial charge < -0.3 is 19.3 Å². The summed E-state index contributed by atoms with van der Waals surface area (Å²) in [5, 5.41) is 11.3. The van der Waals surface area contributed by atoms with Crippen molar-refractivity contribution in [2.75, 3.05) is 24.5 Å². The van der Waals surface area contributed by atoms with E-state index in [0.717, 1.165) is 11.3 Å². The Bertz CT molecular complexity index is 1130. The number of carbonyl (C=O) groups is 1. The summed E-state index contributed by atoms with van der Waals surface area (Å²) < 4.78 is 12.4. The summed E-state index contributed by atoms with van der Waals surface area (Å²) in [5.74, 6) is 0.543. The average molecular weight is 530 g/mol. The molecule has 0 radical (unpaired) electrons. The minimum atomic E-state index is -0.671. The quantitative estimate of drug-likeness (QED) is 0.468. The molecule has 0 bridgehead atoms. The van der Waals surface area contributed by atoms with Crippen LogP contribution in [0.3, 0.4) is 0 Å². The van der Waals surface area contributed by atoms with Crippen LogP contribution in [0, 0.1) is 16.7 Å². The molecule has 0 spiro atoms. The molecule has 2 heterocycles. The van der Waals surface area contributed by atoms with E-state index in [1.807, 2.05) is 67.8 Å². The predicted molar refractivity (Wildman–Crippen MR) is 143 cm³/mol. The number of anilines is 1. The molecule has 4 rings (SSSR count). The Morgan fingerprint density at radius 3 is 2.42 bits per heavy atom. The molecule has 8 heteroatoms. The number of carbonyl (C=O) groups excluding carboxylic acids is 1. The van der Waals surface area contributed by atoms with Gasteiger partial charge >= 0.3 is 0 Å². The van der Waals surface area contributed by atoms with E-state index >= 15 is 0 Å². The fourth-order valence-corrected chi connectivity index (χ4v) is 5.30. The van der Waals surface area contributed by atoms with Crippen molar-refractivity contribution in [3.8, 4) is 11.8 Å². The van der Waals surface area contributed by atoms with E-state index in [2.05, 4.69) is 6.07 Å². The van der Waals surface area contributed by atoms with Crippen LogP contribution >= 0.6 is 23.2 Å². The van der Waals surface area contributed by atoms with E-state index in [1.54, 1.807) is 12.1 Å². The molecule has 36 heavy (non-hydrogen) atoms. The first-order chi connectivity index (χ1) is 17.0. The fourth-order valence-electron chi connectivity index (χ4n) is 5.01. The van der Waals surface area contributed by atoms with E-state index in [4.69, 9.17) is 32.7 Å². The molecule has 2 aromatic carbocycles. The molecule has 2 atom stereocenters. The number of hydrogen-bond acceptors (Lipinski definition) is 5. The second-order valence-corrected chi connectivity index (χ2v) is 11.6. The Morgan fingerprint density at radius 1 is 1.17 bits per heavy atom. The summed E-state index contributed by atoms with van der Waals surface area (Å²) in [6.07, 6.45) is 0.921. The monoisotopic (exact) mass is 529 g/mol. The number of hydrogen-bond donors (Lipinski definition) is 0. The van der Waals surface area contributed by atoms with Gasteiger partial charge in [0.05, 0.1) is 29.3 Å². The summed E-state index contributed by atoms with van der Waals surface area (Å²) in [5.41, 5.74) is 1.04. The van der Waals surface area contributed by atoms with Crippen LogP contribution in [0.1, 0.15) is 46.1 Å². The lowest BCUT2D eigenvalue weighted by atomic mass is 9.75. The normalized spacial score (nSPS) is 20.2. The largest absolute Gasteiger partial charge is 0.477 e. The molecule has 1 saturated heterocycles. The first kappa shape index (κ1) is 26.6. The number of likely N-dealkylation sites (tertiary alicyclic amines) is 1. The smallest absolute Gasteiger partial charge is 0.265 e. The third-order valence-corrected chi connectivity index (χ3v) is 7.31. The maximum Gasteiger partial charge on any atom is 0.265 e. The van der Waals surface area contributed by atoms with E-state index in [1.165, 1.54) is 0 Å². The molecule has 0 aliphatic carbocycles. The average Bonchev–Trinajstić information content (AvgIpc) is 2.84. The number of amides is 1. The second-order valence-electron chi connectivity index (χ2n) is 10.7. The van der Waals surface area contributed by atoms with Gasteiger partial charge in [-0.05, 0) is 82.9 Å². The summed E-state index contributed by atoms with van der Waals surface area (Å²) in [4.78, 5) is 17.5. The number of halogens is 2. The molecule has 2 aliphatic heterocycles. The lowest BCUT2D eigenvalue weighted by Gasteiger charge is -2.43. The van der Waals surface area contributed by atoms with Gasteiger partial charge in [0.2, 0.25) is 0 Å². The van der Waals surface area contributed by atoms with Gasteiger partial charge in [-0.1, -0.05) is 35.3 Å². The zero-order valence-corrected chi connectivity index (χ0v) is 22.8. The van der Waals surface area contributed by atoms with Crippen LogP contribution in [0.2, 0.25) is 10.0 Å². The maximum atomic E-state index is 13.6. The van der Waals surface area contributed by atoms with Crippen LogP contribution in [0.4, 0.5) is 5.69 Å². The molecule has 0 saturated carbocycles. The van der Waals surface area contributed by atoms with Crippen LogP contribution in [0.15, 0.2) is 42.5 Å². The molecule has 6 nitrogen and oxygen atoms in total. The minimum Gasteiger partial charge on any atom is -0.477 e. The Kier molecular flexibility index (Phi) is 7.75. The van der Waals surface area contributed by atoms with Gasteiger partial charge in [-0.3, -0.25) is 4.79 Å². The first-order valence-corrected chi connectivity index (χ1v) is 13.1. The number of benzene rings is 2. The lowest BCUT2D eigenvalue weighted by Crippen LogP contribution is -2.55. The van der Waals surface area contributed by atoms with Gasteiger partial charge in [0.15, 0.2) is 6.10 Å². The minimum absolute atomic E-state index is 0.0680. The van der Waals surface area contributed by atoms with Crippen molar-refractivity contribution < 1.29 is 14.3 Å². The number of piperidine rings is 1. The fraction of sp³-hybridized carbons (Fsp3) is 0.500. The highest BCUT2D eigenvalue weighted by Crippen LogP contribution is 2.39. The van der Waals surface area contributed by atoms with Gasteiger partial charge in [0.25, 0.3) is 5.91 Å². The summed E-state index contributed by atoms with van der Waals surface area (Å²) in [6, 6.07) is 15.6. The number of rotatable bonds is 5. The van der Waals surface area contributed by atoms with Crippen LogP contribution in [-0.4, -0.2) is 48.4 Å². The standard InChI is InChI=1S/C28H33Cl2N3O3/c1-19(36-27(2,3)4)33-17-25(35-24-10-9-22(30)15-23(24)33)26(34)32-13-11-28(18-31,12-14-32)16-20-5-7-21(29)8-6-20/h5-10,15,19,25H,11-14,16-17H2,1-4H3.